The van der Waals surface area contributed by atoms with Gasteiger partial charge in [-0.15, -0.1) is 10.2 Å². The topological polar surface area (TPSA) is 73.7 Å². The quantitative estimate of drug-likeness (QED) is 0.176. The van der Waals surface area contributed by atoms with Crippen LogP contribution in [0.4, 0.5) is 0 Å². The van der Waals surface area contributed by atoms with E-state index in [0.29, 0.717) is 17.5 Å². The normalized spacial score (nSPS) is 12.9. The van der Waals surface area contributed by atoms with Crippen LogP contribution in [0.15, 0.2) is 188 Å². The third-order valence-corrected chi connectivity index (χ3v) is 10.9. The molecule has 1 spiro atoms. The van der Waals surface area contributed by atoms with E-state index in [1.54, 1.807) is 0 Å². The fourth-order valence-electron chi connectivity index (χ4n) is 8.47. The highest BCUT2D eigenvalue weighted by atomic mass is 16.5. The molecule has 11 rings (SSSR count). The lowest BCUT2D eigenvalue weighted by atomic mass is 9.66. The second kappa shape index (κ2) is 12.8. The molecule has 3 heterocycles. The highest BCUT2D eigenvalue weighted by Gasteiger charge is 2.52. The first-order valence-corrected chi connectivity index (χ1v) is 18.7. The van der Waals surface area contributed by atoms with Gasteiger partial charge in [0.25, 0.3) is 0 Å². The van der Waals surface area contributed by atoms with Crippen molar-refractivity contribution in [2.75, 3.05) is 0 Å². The summed E-state index contributed by atoms with van der Waals surface area (Å²) in [6, 6.07) is 64.5. The number of nitrogens with zero attached hydrogens (tertiary/aromatic N) is 5. The monoisotopic (exact) mass is 717 g/mol. The predicted octanol–water partition coefficient (Wildman–Crippen LogP) is 11.5. The van der Waals surface area contributed by atoms with E-state index in [-0.39, 0.29) is 0 Å². The van der Waals surface area contributed by atoms with E-state index >= 15 is 0 Å². The molecule has 0 unspecified atom stereocenters. The molecule has 0 saturated heterocycles. The van der Waals surface area contributed by atoms with Gasteiger partial charge >= 0.3 is 0 Å². The van der Waals surface area contributed by atoms with E-state index in [0.717, 1.165) is 84.1 Å². The van der Waals surface area contributed by atoms with Crippen LogP contribution in [0.3, 0.4) is 0 Å². The van der Waals surface area contributed by atoms with Crippen molar-refractivity contribution in [3.8, 4) is 79.3 Å². The number of hydrogen-bond acceptors (Lipinski definition) is 6. The van der Waals surface area contributed by atoms with Gasteiger partial charge in [0.05, 0.1) is 16.8 Å². The fourth-order valence-corrected chi connectivity index (χ4v) is 8.47. The molecule has 7 aromatic carbocycles. The molecule has 0 atom stereocenters. The first-order chi connectivity index (χ1) is 27.8. The summed E-state index contributed by atoms with van der Waals surface area (Å²) in [7, 11) is 0. The number of ether oxygens (including phenoxy) is 1. The molecule has 9 aromatic rings. The lowest BCUT2D eigenvalue weighted by Crippen LogP contribution is -2.32. The van der Waals surface area contributed by atoms with E-state index < -0.39 is 5.41 Å². The van der Waals surface area contributed by atoms with Crippen molar-refractivity contribution in [3.63, 3.8) is 0 Å². The summed E-state index contributed by atoms with van der Waals surface area (Å²) in [6.07, 6.45) is 0. The van der Waals surface area contributed by atoms with Crippen molar-refractivity contribution >= 4 is 0 Å². The van der Waals surface area contributed by atoms with Crippen LogP contribution in [-0.2, 0) is 5.41 Å². The van der Waals surface area contributed by atoms with Crippen LogP contribution in [0, 0.1) is 0 Å². The van der Waals surface area contributed by atoms with Crippen LogP contribution >= 0.6 is 0 Å². The minimum Gasteiger partial charge on any atom is -0.457 e. The van der Waals surface area contributed by atoms with Crippen LogP contribution in [0.5, 0.6) is 11.5 Å². The molecule has 2 aliphatic rings. The summed E-state index contributed by atoms with van der Waals surface area (Å²) in [5, 5.41) is 9.42. The van der Waals surface area contributed by atoms with Crippen molar-refractivity contribution < 1.29 is 4.74 Å². The minimum atomic E-state index is -0.711. The molecular formula is C50H31N5O. The summed E-state index contributed by atoms with van der Waals surface area (Å²) in [5.74, 6) is 3.50. The maximum Gasteiger partial charge on any atom is 0.164 e. The molecule has 1 aliphatic heterocycles. The second-order valence-electron chi connectivity index (χ2n) is 14.0. The van der Waals surface area contributed by atoms with Gasteiger partial charge in [-0.1, -0.05) is 158 Å². The molecule has 56 heavy (non-hydrogen) atoms. The molecule has 0 bridgehead atoms. The van der Waals surface area contributed by atoms with Gasteiger partial charge in [-0.3, -0.25) is 0 Å². The van der Waals surface area contributed by atoms with Crippen molar-refractivity contribution in [3.05, 3.63) is 210 Å². The van der Waals surface area contributed by atoms with Crippen molar-refractivity contribution in [2.45, 2.75) is 5.41 Å². The van der Waals surface area contributed by atoms with Gasteiger partial charge < -0.3 is 4.74 Å². The number of rotatable bonds is 5. The average molecular weight is 718 g/mol. The molecule has 262 valence electrons. The Kier molecular flexibility index (Phi) is 7.29. The van der Waals surface area contributed by atoms with E-state index in [9.17, 15) is 0 Å². The Morgan fingerprint density at radius 3 is 1.43 bits per heavy atom. The zero-order valence-corrected chi connectivity index (χ0v) is 30.0. The Morgan fingerprint density at radius 2 is 0.839 bits per heavy atom. The number of hydrogen-bond donors (Lipinski definition) is 0. The maximum atomic E-state index is 6.65. The van der Waals surface area contributed by atoms with Gasteiger partial charge in [0.15, 0.2) is 17.5 Å². The summed E-state index contributed by atoms with van der Waals surface area (Å²) < 4.78 is 6.65. The van der Waals surface area contributed by atoms with Crippen LogP contribution in [0.2, 0.25) is 0 Å². The van der Waals surface area contributed by atoms with Crippen LogP contribution in [0.25, 0.3) is 67.8 Å². The lowest BCUT2D eigenvalue weighted by molar-refractivity contribution is 0.436. The molecule has 0 radical (unpaired) electrons. The van der Waals surface area contributed by atoms with Gasteiger partial charge in [0.1, 0.15) is 11.5 Å². The zero-order chi connectivity index (χ0) is 37.1. The standard InChI is InChI=1S/C50H31N5O/c1-4-15-32(16-5-1)42-29-30-43(55-54-42)35-27-28-36-41(31-35)50(38-22-10-12-25-44(38)56-45-26-13-11-23-39(45)50)40-24-14-21-37(46(36)40)49-52-47(33-17-6-2-7-18-33)51-48(53-49)34-19-8-3-9-20-34/h1-31H. The number of aromatic nitrogens is 5. The fraction of sp³-hybridized carbons (Fsp3) is 0.0200. The van der Waals surface area contributed by atoms with Crippen molar-refractivity contribution in [1.29, 1.82) is 0 Å². The number of para-hydroxylation sites is 2. The van der Waals surface area contributed by atoms with Crippen LogP contribution in [-0.4, -0.2) is 25.1 Å². The molecule has 6 heteroatoms. The highest BCUT2D eigenvalue weighted by Crippen LogP contribution is 2.63. The Hall–Kier alpha value is -7.57. The summed E-state index contributed by atoms with van der Waals surface area (Å²) >= 11 is 0. The van der Waals surface area contributed by atoms with E-state index in [4.69, 9.17) is 24.8 Å². The Labute approximate surface area is 323 Å². The zero-order valence-electron chi connectivity index (χ0n) is 30.0. The molecule has 1 aliphatic carbocycles. The van der Waals surface area contributed by atoms with Gasteiger partial charge in [-0.2, -0.15) is 0 Å². The van der Waals surface area contributed by atoms with Crippen molar-refractivity contribution in [2.24, 2.45) is 0 Å². The minimum absolute atomic E-state index is 0.609. The van der Waals surface area contributed by atoms with Crippen molar-refractivity contribution in [1.82, 2.24) is 25.1 Å². The van der Waals surface area contributed by atoms with Gasteiger partial charge in [0.2, 0.25) is 0 Å². The SMILES string of the molecule is c1ccc(-c2ccc(-c3ccc4c(c3)C3(c5ccccc5Oc5ccccc53)c3cccc(-c5nc(-c6ccccc6)nc(-c6ccccc6)n5)c3-4)nn2)cc1. The number of benzene rings is 7. The molecular weight excluding hydrogens is 687 g/mol. The van der Waals surface area contributed by atoms with E-state index in [2.05, 4.69) is 96.1 Å². The van der Waals surface area contributed by atoms with Crippen LogP contribution in [0.1, 0.15) is 22.3 Å². The smallest absolute Gasteiger partial charge is 0.164 e. The lowest BCUT2D eigenvalue weighted by Gasteiger charge is -2.39. The molecule has 0 fully saturated rings. The summed E-state index contributed by atoms with van der Waals surface area (Å²) in [6.45, 7) is 0. The third-order valence-electron chi connectivity index (χ3n) is 10.9. The predicted molar refractivity (Wildman–Crippen MR) is 220 cm³/mol. The highest BCUT2D eigenvalue weighted by molar-refractivity contribution is 5.96. The Bertz CT molecular complexity index is 2830. The third kappa shape index (κ3) is 4.93. The van der Waals surface area contributed by atoms with Gasteiger partial charge in [0, 0.05) is 38.9 Å². The van der Waals surface area contributed by atoms with Crippen LogP contribution < -0.4 is 4.74 Å². The Balaban J connectivity index is 1.18. The van der Waals surface area contributed by atoms with Gasteiger partial charge in [-0.25, -0.2) is 15.0 Å². The molecule has 2 aromatic heterocycles. The van der Waals surface area contributed by atoms with Gasteiger partial charge in [-0.05, 0) is 52.6 Å². The molecule has 0 amide bonds. The maximum absolute atomic E-state index is 6.65. The Morgan fingerprint density at radius 1 is 0.339 bits per heavy atom. The first-order valence-electron chi connectivity index (χ1n) is 18.7. The van der Waals surface area contributed by atoms with E-state index in [1.165, 1.54) is 0 Å². The molecule has 0 N–H and O–H groups in total. The number of fused-ring (bicyclic) bond motifs is 9. The largest absolute Gasteiger partial charge is 0.457 e. The molecule has 0 saturated carbocycles. The summed E-state index contributed by atoms with van der Waals surface area (Å²) in [5.41, 5.74) is 12.3. The average Bonchev–Trinajstić information content (AvgIpc) is 3.57. The first kappa shape index (κ1) is 31.9. The molecule has 6 nitrogen and oxygen atoms in total. The second-order valence-corrected chi connectivity index (χ2v) is 14.0. The van der Waals surface area contributed by atoms with E-state index in [1.807, 2.05) is 97.1 Å². The summed E-state index contributed by atoms with van der Waals surface area (Å²) in [4.78, 5) is 15.4.